The van der Waals surface area contributed by atoms with Crippen LogP contribution in [0.5, 0.6) is 0 Å². The Labute approximate surface area is 523 Å². The Balaban J connectivity index is 1.15. The molecule has 0 saturated carbocycles. The van der Waals surface area contributed by atoms with Crippen LogP contribution >= 0.6 is 7.82 Å². The van der Waals surface area contributed by atoms with Crippen LogP contribution in [0.4, 0.5) is 0 Å². The van der Waals surface area contributed by atoms with Crippen LogP contribution in [-0.4, -0.2) is 133 Å². The number of phosphoric ester groups is 1. The second-order valence-corrected chi connectivity index (χ2v) is 28.3. The largest absolute Gasteiger partial charge is 0.472 e. The van der Waals surface area contributed by atoms with Crippen LogP contribution in [0.3, 0.4) is 0 Å². The molecule has 1 aromatic carbocycles. The standard InChI is InChI=1S/C62H90N13O14P/c1-30-22-39-40(23-31(30)2)75(29-70-39)57-52(84)53(41(28-76)88-57)89-90(85,86)87-21-11-20-69-49(83)18-19-59(7)37(24-46(66)80)56-62(10)61(9,27-48(68)82)36(14-17-45(65)79)51(74-62)33(4)55-60(8,26-47(67)81)34(12-15-43(63)77)38(71-55)25-42-58(5,6)35(13-16-44(64)78)50(72-42)32(3)54(59)73-56/h22-23,25,29,34-37,41,52-53,56-57,71,76,84H,11-21,24,26-28H2,1-10H3,(H2,63,77)(H2,64,78)(H2,65,79)(H2,66,80)(H2,67,81)(H2,68,82)(H,69,83)(H,85,86)/t34-,35-,36-,37+,41-,52-,53+,56-,57-,59-,60+,61+,62+/m1/s1. The first-order chi connectivity index (χ1) is 41.9. The molecule has 90 heavy (non-hydrogen) atoms. The lowest BCUT2D eigenvalue weighted by atomic mass is 9.55. The smallest absolute Gasteiger partial charge is 0.394 e. The number of ether oxygens (including phenoxy) is 1. The molecule has 1 aromatic heterocycles. The fourth-order valence-electron chi connectivity index (χ4n) is 15.4. The van der Waals surface area contributed by atoms with Crippen molar-refractivity contribution >= 4 is 77.3 Å². The van der Waals surface area contributed by atoms with Gasteiger partial charge in [0, 0.05) is 131 Å². The molecule has 2 aromatic rings. The van der Waals surface area contributed by atoms with Gasteiger partial charge in [-0.25, -0.2) is 9.55 Å². The zero-order valence-corrected chi connectivity index (χ0v) is 54.0. The number of fused-ring (bicyclic) bond motifs is 7. The predicted octanol–water partition coefficient (Wildman–Crippen LogP) is 3.16. The number of allylic oxidation sites excluding steroid dienone is 6. The van der Waals surface area contributed by atoms with Gasteiger partial charge in [-0.2, -0.15) is 0 Å². The molecule has 0 aliphatic carbocycles. The van der Waals surface area contributed by atoms with E-state index in [2.05, 4.69) is 15.6 Å². The van der Waals surface area contributed by atoms with Crippen LogP contribution in [0.25, 0.3) is 11.0 Å². The highest BCUT2D eigenvalue weighted by atomic mass is 31.2. The number of aromatic nitrogens is 2. The molecule has 0 spiro atoms. The van der Waals surface area contributed by atoms with Crippen molar-refractivity contribution in [2.24, 2.45) is 94.7 Å². The normalized spacial score (nSPS) is 31.7. The van der Waals surface area contributed by atoms with Crippen LogP contribution < -0.4 is 45.0 Å². The SMILES string of the molecule is CC1=C2N=C(C=C3NC(=C(C)C4=N[C@@](C)([C@@H]5N=C1[C@](C)(CCC(=O)NCCCOP(=O)(O)O[C@@H]1[C@@H](O)[C@H](n6cnc7cc(C)c(C)cc76)O[C@@H]1CO)[C@H]5CC(N)=O)[C@@](C)(CC(N)=O)[C@@H]4CCC(N)=O)[C@@](C)(CC(N)=O)[C@@H]3CCC(N)=O)C(C)(C)[C@@H]2CCC(N)=O. The maximum Gasteiger partial charge on any atom is 0.472 e. The van der Waals surface area contributed by atoms with Crippen molar-refractivity contribution in [2.75, 3.05) is 19.8 Å². The molecule has 6 aliphatic heterocycles. The van der Waals surface area contributed by atoms with Gasteiger partial charge < -0.3 is 69.4 Å². The highest BCUT2D eigenvalue weighted by Gasteiger charge is 2.66. The lowest BCUT2D eigenvalue weighted by molar-refractivity contribution is -0.124. The lowest BCUT2D eigenvalue weighted by Crippen LogP contribution is -2.56. The molecule has 492 valence electrons. The van der Waals surface area contributed by atoms with E-state index in [1.54, 1.807) is 4.57 Å². The van der Waals surface area contributed by atoms with E-state index < -0.39 is 137 Å². The summed E-state index contributed by atoms with van der Waals surface area (Å²) in [4.78, 5) is 125. The molecule has 8 rings (SSSR count). The number of amides is 7. The van der Waals surface area contributed by atoms with Gasteiger partial charge >= 0.3 is 7.82 Å². The van der Waals surface area contributed by atoms with Gasteiger partial charge in [-0.3, -0.25) is 57.6 Å². The molecule has 2 fully saturated rings. The number of primary amides is 6. The number of aliphatic hydroxyl groups is 2. The van der Waals surface area contributed by atoms with E-state index in [4.69, 9.17) is 63.2 Å². The minimum absolute atomic E-state index is 0.0163. The van der Waals surface area contributed by atoms with E-state index in [-0.39, 0.29) is 90.2 Å². The van der Waals surface area contributed by atoms with Gasteiger partial charge in [0.05, 0.1) is 42.2 Å². The Bertz CT molecular complexity index is 3520. The number of hydrogen-bond donors (Lipinski definition) is 11. The average molecular weight is 1270 g/mol. The zero-order chi connectivity index (χ0) is 66.5. The number of aliphatic imine (C=N–C) groups is 3. The van der Waals surface area contributed by atoms with Gasteiger partial charge in [0.15, 0.2) is 6.23 Å². The van der Waals surface area contributed by atoms with Gasteiger partial charge in [0.25, 0.3) is 0 Å². The first-order valence-corrected chi connectivity index (χ1v) is 32.1. The number of imidazole rings is 1. The minimum atomic E-state index is -4.92. The monoisotopic (exact) mass is 1270 g/mol. The summed E-state index contributed by atoms with van der Waals surface area (Å²) < 4.78 is 31.7. The van der Waals surface area contributed by atoms with Crippen molar-refractivity contribution in [1.29, 1.82) is 0 Å². The third-order valence-electron chi connectivity index (χ3n) is 20.6. The summed E-state index contributed by atoms with van der Waals surface area (Å²) in [6.07, 6.45) is -2.65. The van der Waals surface area contributed by atoms with E-state index in [0.717, 1.165) is 11.1 Å². The number of aryl methyl sites for hydroxylation is 2. The molecule has 14 atom stereocenters. The van der Waals surface area contributed by atoms with Crippen molar-refractivity contribution in [3.8, 4) is 0 Å². The lowest BCUT2D eigenvalue weighted by Gasteiger charge is -2.48. The van der Waals surface area contributed by atoms with Crippen molar-refractivity contribution < 1.29 is 67.0 Å². The Kier molecular flexibility index (Phi) is 19.9. The first-order valence-electron chi connectivity index (χ1n) is 30.6. The number of nitrogens with two attached hydrogens (primary N) is 6. The van der Waals surface area contributed by atoms with Crippen LogP contribution in [-0.2, 0) is 51.9 Å². The zero-order valence-electron chi connectivity index (χ0n) is 53.1. The van der Waals surface area contributed by atoms with Crippen LogP contribution in [0.2, 0.25) is 0 Å². The molecule has 8 bridgehead atoms. The maximum absolute atomic E-state index is 14.2. The minimum Gasteiger partial charge on any atom is -0.394 e. The van der Waals surface area contributed by atoms with Gasteiger partial charge in [-0.1, -0.05) is 34.6 Å². The molecule has 6 aliphatic rings. The number of carbonyl (C=O) groups is 7. The first kappa shape index (κ1) is 68.9. The van der Waals surface area contributed by atoms with Crippen molar-refractivity contribution in [1.82, 2.24) is 20.2 Å². The topological polar surface area (TPSA) is 460 Å². The summed E-state index contributed by atoms with van der Waals surface area (Å²) in [5, 5.41) is 28.1. The fourth-order valence-corrected chi connectivity index (χ4v) is 16.4. The molecule has 2 saturated heterocycles. The van der Waals surface area contributed by atoms with Crippen LogP contribution in [0.15, 0.2) is 67.8 Å². The molecule has 0 radical (unpaired) electrons. The molecule has 7 amide bonds. The Morgan fingerprint density at radius 2 is 1.40 bits per heavy atom. The number of benzene rings is 1. The number of carbonyl (C=O) groups excluding carboxylic acids is 7. The summed E-state index contributed by atoms with van der Waals surface area (Å²) in [5.41, 5.74) is 37.6. The average Bonchev–Trinajstić information content (AvgIpc) is 1.53. The summed E-state index contributed by atoms with van der Waals surface area (Å²) in [6, 6.07) is 2.74. The van der Waals surface area contributed by atoms with Crippen LogP contribution in [0.1, 0.15) is 150 Å². The third kappa shape index (κ3) is 13.1. The van der Waals surface area contributed by atoms with Gasteiger partial charge in [0.2, 0.25) is 41.4 Å². The Morgan fingerprint density at radius 3 is 2.00 bits per heavy atom. The summed E-state index contributed by atoms with van der Waals surface area (Å²) in [5.74, 6) is -6.95. The quantitative estimate of drug-likeness (QED) is 0.0452. The number of rotatable bonds is 27. The number of hydrogen-bond acceptors (Lipinski definition) is 18. The molecule has 1 unspecified atom stereocenters. The molecule has 17 N–H and O–H groups in total. The summed E-state index contributed by atoms with van der Waals surface area (Å²) in [6.45, 7) is 17.8. The number of nitrogens with zero attached hydrogens (tertiary/aromatic N) is 5. The highest BCUT2D eigenvalue weighted by Crippen LogP contribution is 2.62. The highest BCUT2D eigenvalue weighted by molar-refractivity contribution is 7.47. The molecular formula is C62H90N13O14P. The molecule has 7 heterocycles. The van der Waals surface area contributed by atoms with Gasteiger partial charge in [0.1, 0.15) is 18.3 Å². The third-order valence-corrected chi connectivity index (χ3v) is 21.6. The van der Waals surface area contributed by atoms with E-state index in [9.17, 15) is 53.2 Å². The van der Waals surface area contributed by atoms with Crippen LogP contribution in [0, 0.1) is 59.2 Å². The summed E-state index contributed by atoms with van der Waals surface area (Å²) >= 11 is 0. The fraction of sp³-hybridized carbons (Fsp3) is 0.629. The Hall–Kier alpha value is -7.00. The van der Waals surface area contributed by atoms with E-state index in [1.165, 1.54) is 6.33 Å². The van der Waals surface area contributed by atoms with Crippen molar-refractivity contribution in [2.45, 2.75) is 182 Å². The predicted molar refractivity (Wildman–Crippen MR) is 334 cm³/mol. The number of phosphoric acid groups is 1. The molecular weight excluding hydrogens is 1180 g/mol. The number of nitrogens with one attached hydrogen (secondary N) is 2. The van der Waals surface area contributed by atoms with E-state index >= 15 is 0 Å². The van der Waals surface area contributed by atoms with Crippen molar-refractivity contribution in [3.05, 3.63) is 63.9 Å². The van der Waals surface area contributed by atoms with E-state index in [0.29, 0.717) is 56.4 Å². The van der Waals surface area contributed by atoms with Crippen molar-refractivity contribution in [3.63, 3.8) is 0 Å². The molecule has 28 heteroatoms. The van der Waals surface area contributed by atoms with Gasteiger partial charge in [-0.15, -0.1) is 0 Å². The summed E-state index contributed by atoms with van der Waals surface area (Å²) in [7, 11) is -4.92. The second kappa shape index (κ2) is 25.9. The molecule has 27 nitrogen and oxygen atoms in total. The Morgan fingerprint density at radius 1 is 0.789 bits per heavy atom. The van der Waals surface area contributed by atoms with E-state index in [1.807, 2.05) is 87.4 Å². The van der Waals surface area contributed by atoms with Gasteiger partial charge in [-0.05, 0) is 107 Å². The second-order valence-electron chi connectivity index (χ2n) is 26.9. The number of aliphatic hydroxyl groups excluding tert-OH is 2. The maximum atomic E-state index is 14.2.